The molecule has 1 unspecified atom stereocenters. The van der Waals surface area contributed by atoms with Gasteiger partial charge in [-0.15, -0.1) is 0 Å². The molecule has 3 heteroatoms. The third kappa shape index (κ3) is 5.80. The van der Waals surface area contributed by atoms with Gasteiger partial charge in [0.05, 0.1) is 11.5 Å². The zero-order chi connectivity index (χ0) is 21.3. The maximum atomic E-state index is 12.9. The first-order chi connectivity index (χ1) is 13.5. The number of ketones is 2. The number of rotatable bonds is 2. The molecule has 0 heterocycles. The minimum absolute atomic E-state index is 0.150. The number of carbonyl (C=O) groups is 2. The van der Waals surface area contributed by atoms with E-state index >= 15 is 0 Å². The molecule has 1 saturated carbocycles. The van der Waals surface area contributed by atoms with Gasteiger partial charge in [0, 0.05) is 11.3 Å². The van der Waals surface area contributed by atoms with E-state index in [1.807, 2.05) is 90.1 Å². The third-order valence-electron chi connectivity index (χ3n) is 4.28. The number of carbonyl (C=O) groups excluding carboxylic acids is 2. The first-order valence-corrected chi connectivity index (χ1v) is 10.3. The van der Waals surface area contributed by atoms with Crippen LogP contribution in [-0.4, -0.2) is 16.4 Å². The molecule has 0 saturated heterocycles. The molecule has 0 radical (unpaired) electrons. The summed E-state index contributed by atoms with van der Waals surface area (Å²) < 4.78 is 0. The minimum Gasteiger partial charge on any atom is -0.294 e. The Bertz CT molecular complexity index is 843. The van der Waals surface area contributed by atoms with Crippen molar-refractivity contribution in [2.75, 3.05) is 0 Å². The molecule has 28 heavy (non-hydrogen) atoms. The van der Waals surface area contributed by atoms with Gasteiger partial charge in [0.2, 0.25) is 0 Å². The van der Waals surface area contributed by atoms with Crippen molar-refractivity contribution in [3.8, 4) is 0 Å². The molecule has 1 fully saturated rings. The molecule has 1 atom stereocenters. The molecular formula is C25H30O2S. The van der Waals surface area contributed by atoms with Crippen LogP contribution in [0, 0.1) is 13.8 Å². The van der Waals surface area contributed by atoms with Gasteiger partial charge in [-0.1, -0.05) is 99.6 Å². The molecule has 0 aromatic heterocycles. The molecule has 0 amide bonds. The van der Waals surface area contributed by atoms with Gasteiger partial charge in [-0.25, -0.2) is 0 Å². The number of benzene rings is 2. The van der Waals surface area contributed by atoms with Crippen LogP contribution in [0.2, 0.25) is 0 Å². The number of hydrogen-bond acceptors (Lipinski definition) is 3. The summed E-state index contributed by atoms with van der Waals surface area (Å²) in [4.78, 5) is 25.8. The Kier molecular flexibility index (Phi) is 9.67. The van der Waals surface area contributed by atoms with Crippen molar-refractivity contribution in [2.45, 2.75) is 53.9 Å². The summed E-state index contributed by atoms with van der Waals surface area (Å²) in [5, 5.41) is 0. The van der Waals surface area contributed by atoms with Gasteiger partial charge in [-0.3, -0.25) is 9.59 Å². The monoisotopic (exact) mass is 394 g/mol. The largest absolute Gasteiger partial charge is 0.294 e. The Morgan fingerprint density at radius 1 is 0.821 bits per heavy atom. The summed E-state index contributed by atoms with van der Waals surface area (Å²) in [5.41, 5.74) is 4.22. The van der Waals surface area contributed by atoms with Crippen LogP contribution in [-0.2, 0) is 9.59 Å². The van der Waals surface area contributed by atoms with E-state index in [0.717, 1.165) is 22.3 Å². The molecule has 0 aliphatic heterocycles. The smallest absolute Gasteiger partial charge is 0.178 e. The van der Waals surface area contributed by atoms with Gasteiger partial charge in [0.15, 0.2) is 11.6 Å². The Morgan fingerprint density at radius 2 is 1.29 bits per heavy atom. The number of Topliss-reactive ketones (excluding diaryl/α,β-unsaturated/α-hetero) is 2. The van der Waals surface area contributed by atoms with Crippen LogP contribution >= 0.6 is 12.2 Å². The van der Waals surface area contributed by atoms with Crippen LogP contribution in [0.5, 0.6) is 0 Å². The molecule has 0 spiro atoms. The standard InChI is InChI=1S/C21H18O2S.2C2H6/c1-13-3-7-15(8-4-13)11-17-18(22)12-19(24)20(21(17)23)16-9-5-14(2)6-10-16;2*1-2/h3-11,20H,12H2,1-2H3;2*1-2H3/b17-11+;;. The van der Waals surface area contributed by atoms with Gasteiger partial charge in [-0.05, 0) is 31.1 Å². The number of allylic oxidation sites excluding steroid dienone is 1. The maximum Gasteiger partial charge on any atom is 0.178 e. The molecule has 1 aliphatic carbocycles. The van der Waals surface area contributed by atoms with E-state index in [0.29, 0.717) is 4.86 Å². The lowest BCUT2D eigenvalue weighted by Gasteiger charge is -2.23. The summed E-state index contributed by atoms with van der Waals surface area (Å²) in [5.74, 6) is -0.885. The molecule has 2 aromatic carbocycles. The van der Waals surface area contributed by atoms with Crippen LogP contribution in [0.3, 0.4) is 0 Å². The minimum atomic E-state index is -0.505. The highest BCUT2D eigenvalue weighted by atomic mass is 32.1. The highest BCUT2D eigenvalue weighted by Crippen LogP contribution is 2.31. The molecule has 2 nitrogen and oxygen atoms in total. The zero-order valence-electron chi connectivity index (χ0n) is 17.7. The molecule has 0 bridgehead atoms. The number of thiocarbonyl (C=S) groups is 1. The Hall–Kier alpha value is -2.39. The average molecular weight is 395 g/mol. The second-order valence-corrected chi connectivity index (χ2v) is 6.77. The fraction of sp³-hybridized carbons (Fsp3) is 0.320. The molecule has 3 rings (SSSR count). The van der Waals surface area contributed by atoms with Crippen molar-refractivity contribution in [1.29, 1.82) is 0 Å². The first-order valence-electron chi connectivity index (χ1n) is 9.91. The summed E-state index contributed by atoms with van der Waals surface area (Å²) in [7, 11) is 0. The second kappa shape index (κ2) is 11.5. The predicted molar refractivity (Wildman–Crippen MR) is 123 cm³/mol. The molecule has 1 aliphatic rings. The SMILES string of the molecule is CC.CC.Cc1ccc(/C=C2\C(=O)CC(=S)C(c3ccc(C)cc3)C2=O)cc1. The molecule has 0 N–H and O–H groups in total. The third-order valence-corrected chi connectivity index (χ3v) is 4.66. The second-order valence-electron chi connectivity index (χ2n) is 6.24. The first kappa shape index (κ1) is 23.6. The highest BCUT2D eigenvalue weighted by Gasteiger charge is 2.36. The van der Waals surface area contributed by atoms with Crippen molar-refractivity contribution in [1.82, 2.24) is 0 Å². The fourth-order valence-electron chi connectivity index (χ4n) is 2.87. The lowest BCUT2D eigenvalue weighted by molar-refractivity contribution is -0.121. The quantitative estimate of drug-likeness (QED) is 0.334. The molecule has 148 valence electrons. The van der Waals surface area contributed by atoms with E-state index in [1.165, 1.54) is 0 Å². The summed E-state index contributed by atoms with van der Waals surface area (Å²) in [6, 6.07) is 15.5. The van der Waals surface area contributed by atoms with E-state index in [-0.39, 0.29) is 23.6 Å². The molecular weight excluding hydrogens is 364 g/mol. The van der Waals surface area contributed by atoms with Crippen LogP contribution in [0.25, 0.3) is 6.08 Å². The Morgan fingerprint density at radius 3 is 1.79 bits per heavy atom. The van der Waals surface area contributed by atoms with Crippen LogP contribution in [0.1, 0.15) is 62.3 Å². The number of hydrogen-bond donors (Lipinski definition) is 0. The van der Waals surface area contributed by atoms with Crippen LogP contribution in [0.15, 0.2) is 54.1 Å². The average Bonchev–Trinajstić information content (AvgIpc) is 2.71. The normalized spacial score (nSPS) is 17.4. The topological polar surface area (TPSA) is 34.1 Å². The Labute approximate surface area is 174 Å². The van der Waals surface area contributed by atoms with Crippen LogP contribution in [0.4, 0.5) is 0 Å². The predicted octanol–water partition coefficient (Wildman–Crippen LogP) is 6.43. The fourth-order valence-corrected chi connectivity index (χ4v) is 3.25. The lowest BCUT2D eigenvalue weighted by atomic mass is 9.78. The maximum absolute atomic E-state index is 12.9. The van der Waals surface area contributed by atoms with Crippen LogP contribution < -0.4 is 0 Å². The van der Waals surface area contributed by atoms with Crippen molar-refractivity contribution >= 4 is 34.7 Å². The summed E-state index contributed by atoms with van der Waals surface area (Å²) >= 11 is 5.36. The van der Waals surface area contributed by atoms with Crippen molar-refractivity contribution in [3.63, 3.8) is 0 Å². The van der Waals surface area contributed by atoms with E-state index in [4.69, 9.17) is 12.2 Å². The van der Waals surface area contributed by atoms with Gasteiger partial charge < -0.3 is 0 Å². The van der Waals surface area contributed by atoms with Gasteiger partial charge in [0.1, 0.15) is 0 Å². The van der Waals surface area contributed by atoms with E-state index in [9.17, 15) is 9.59 Å². The van der Waals surface area contributed by atoms with Crippen molar-refractivity contribution in [3.05, 3.63) is 76.4 Å². The number of aryl methyl sites for hydroxylation is 2. The van der Waals surface area contributed by atoms with Gasteiger partial charge >= 0.3 is 0 Å². The zero-order valence-corrected chi connectivity index (χ0v) is 18.5. The van der Waals surface area contributed by atoms with Crippen molar-refractivity contribution in [2.24, 2.45) is 0 Å². The van der Waals surface area contributed by atoms with Gasteiger partial charge in [-0.2, -0.15) is 0 Å². The van der Waals surface area contributed by atoms with Gasteiger partial charge in [0.25, 0.3) is 0 Å². The van der Waals surface area contributed by atoms with Crippen molar-refractivity contribution < 1.29 is 9.59 Å². The Balaban J connectivity index is 0.000000921. The van der Waals surface area contributed by atoms with E-state index in [1.54, 1.807) is 6.08 Å². The van der Waals surface area contributed by atoms with E-state index in [2.05, 4.69) is 0 Å². The molecule has 2 aromatic rings. The summed E-state index contributed by atoms with van der Waals surface area (Å²) in [6.45, 7) is 12.0. The highest BCUT2D eigenvalue weighted by molar-refractivity contribution is 7.80. The van der Waals surface area contributed by atoms with E-state index < -0.39 is 5.92 Å². The summed E-state index contributed by atoms with van der Waals surface area (Å²) in [6.07, 6.45) is 1.84. The lowest BCUT2D eigenvalue weighted by Crippen LogP contribution is -2.33.